The van der Waals surface area contributed by atoms with E-state index in [1.807, 2.05) is 69.3 Å². The molecular weight excluding hydrogens is 450 g/mol. The summed E-state index contributed by atoms with van der Waals surface area (Å²) in [5.74, 6) is -1.75. The molecule has 2 saturated heterocycles. The second-order valence-corrected chi connectivity index (χ2v) is 11.7. The van der Waals surface area contributed by atoms with E-state index in [0.717, 1.165) is 5.69 Å². The number of likely N-dealkylation sites (tertiary alicyclic amines) is 1. The van der Waals surface area contributed by atoms with Crippen molar-refractivity contribution in [3.05, 3.63) is 54.6 Å². The van der Waals surface area contributed by atoms with Crippen molar-refractivity contribution in [2.45, 2.75) is 42.3 Å². The van der Waals surface area contributed by atoms with Crippen molar-refractivity contribution in [3.63, 3.8) is 0 Å². The Labute approximate surface area is 204 Å². The van der Waals surface area contributed by atoms with Gasteiger partial charge in [-0.3, -0.25) is 14.4 Å². The third kappa shape index (κ3) is 3.18. The van der Waals surface area contributed by atoms with Crippen molar-refractivity contribution in [1.29, 1.82) is 0 Å². The van der Waals surface area contributed by atoms with E-state index in [1.165, 1.54) is 4.90 Å². The minimum atomic E-state index is -0.869. The van der Waals surface area contributed by atoms with E-state index in [-0.39, 0.29) is 36.9 Å². The first-order chi connectivity index (χ1) is 16.2. The van der Waals surface area contributed by atoms with E-state index >= 15 is 0 Å². The summed E-state index contributed by atoms with van der Waals surface area (Å²) in [6.07, 6.45) is 8.05. The molecule has 4 aliphatic rings. The Morgan fingerprint density at radius 2 is 1.71 bits per heavy atom. The molecule has 34 heavy (non-hydrogen) atoms. The molecule has 4 aliphatic heterocycles. The number of nitrogens with zero attached hydrogens (tertiary/aromatic N) is 3. The molecule has 0 saturated carbocycles. The van der Waals surface area contributed by atoms with E-state index in [9.17, 15) is 19.5 Å². The molecule has 7 nitrogen and oxygen atoms in total. The highest BCUT2D eigenvalue weighted by atomic mass is 32.2. The largest absolute Gasteiger partial charge is 0.395 e. The van der Waals surface area contributed by atoms with Crippen molar-refractivity contribution < 1.29 is 19.5 Å². The van der Waals surface area contributed by atoms with Gasteiger partial charge in [0.25, 0.3) is 0 Å². The number of aliphatic hydroxyl groups excluding tert-OH is 1. The van der Waals surface area contributed by atoms with Crippen LogP contribution in [0.4, 0.5) is 5.69 Å². The standard InChI is InChI=1S/C26H31N3O4S/c1-17(2)27-13-8-12-26-20(23(32)29(15-16-30)21(26)24(27)33)19-22(31)28(18-9-5-4-6-10-18)14-7-11-25(19,3)34-26/h4-12,17,19-21,30H,13-16H2,1-3H3/t19-,20+,21?,25+,26+/m1/s1. The summed E-state index contributed by atoms with van der Waals surface area (Å²) >= 11 is 1.56. The van der Waals surface area contributed by atoms with Gasteiger partial charge in [-0.15, -0.1) is 11.8 Å². The van der Waals surface area contributed by atoms with Gasteiger partial charge in [-0.2, -0.15) is 0 Å². The third-order valence-corrected chi connectivity index (χ3v) is 9.42. The lowest BCUT2D eigenvalue weighted by Crippen LogP contribution is -2.55. The number of carbonyl (C=O) groups excluding carboxylic acids is 3. The first-order valence-corrected chi connectivity index (χ1v) is 12.7. The number of β-amino-alcohol motifs (C(OH)–C–C–N with tert-alkyl or cyclic N) is 1. The predicted molar refractivity (Wildman–Crippen MR) is 132 cm³/mol. The molecule has 1 unspecified atom stereocenters. The molecule has 1 aromatic rings. The molecule has 1 N–H and O–H groups in total. The van der Waals surface area contributed by atoms with Gasteiger partial charge in [0.15, 0.2) is 0 Å². The summed E-state index contributed by atoms with van der Waals surface area (Å²) in [5, 5.41) is 9.77. The number of hydrogen-bond acceptors (Lipinski definition) is 5. The number of thioether (sulfide) groups is 1. The van der Waals surface area contributed by atoms with Crippen LogP contribution in [0.15, 0.2) is 54.6 Å². The van der Waals surface area contributed by atoms with Crippen LogP contribution >= 0.6 is 11.8 Å². The Balaban J connectivity index is 1.65. The van der Waals surface area contributed by atoms with Gasteiger partial charge in [0.1, 0.15) is 6.04 Å². The molecule has 8 heteroatoms. The zero-order chi connectivity index (χ0) is 24.3. The van der Waals surface area contributed by atoms with E-state index < -0.39 is 27.4 Å². The maximum absolute atomic E-state index is 14.1. The Hall–Kier alpha value is -2.58. The Bertz CT molecular complexity index is 1070. The molecule has 5 atom stereocenters. The first-order valence-electron chi connectivity index (χ1n) is 11.9. The van der Waals surface area contributed by atoms with Crippen LogP contribution in [0, 0.1) is 11.8 Å². The van der Waals surface area contributed by atoms with Gasteiger partial charge in [-0.1, -0.05) is 42.5 Å². The molecule has 0 radical (unpaired) electrons. The minimum Gasteiger partial charge on any atom is -0.395 e. The Morgan fingerprint density at radius 1 is 1.00 bits per heavy atom. The lowest BCUT2D eigenvalue weighted by molar-refractivity contribution is -0.144. The predicted octanol–water partition coefficient (Wildman–Crippen LogP) is 2.08. The monoisotopic (exact) mass is 481 g/mol. The highest BCUT2D eigenvalue weighted by Gasteiger charge is 2.73. The number of fused-ring (bicyclic) bond motifs is 2. The molecule has 180 valence electrons. The number of aliphatic hydroxyl groups is 1. The highest BCUT2D eigenvalue weighted by molar-refractivity contribution is 8.02. The SMILES string of the molecule is CC(C)N1CC=C[C@]23S[C@@]4(C)C=CCN(c5ccccc5)C(=O)[C@H]4[C@H]2C(=O)N(CCO)C3C1=O. The molecular formula is C26H31N3O4S. The fraction of sp³-hybridized carbons (Fsp3) is 0.500. The summed E-state index contributed by atoms with van der Waals surface area (Å²) in [6, 6.07) is 8.73. The molecule has 0 aromatic heterocycles. The number of benzene rings is 1. The molecule has 4 heterocycles. The van der Waals surface area contributed by atoms with E-state index in [0.29, 0.717) is 13.1 Å². The van der Waals surface area contributed by atoms with Crippen LogP contribution in [0.25, 0.3) is 0 Å². The van der Waals surface area contributed by atoms with Crippen molar-refractivity contribution in [2.75, 3.05) is 31.1 Å². The Morgan fingerprint density at radius 3 is 2.38 bits per heavy atom. The van der Waals surface area contributed by atoms with E-state index in [4.69, 9.17) is 0 Å². The molecule has 1 spiro atoms. The maximum atomic E-state index is 14.1. The van der Waals surface area contributed by atoms with Crippen LogP contribution in [-0.2, 0) is 14.4 Å². The van der Waals surface area contributed by atoms with Gasteiger partial charge in [0, 0.05) is 36.1 Å². The van der Waals surface area contributed by atoms with Crippen molar-refractivity contribution in [2.24, 2.45) is 11.8 Å². The smallest absolute Gasteiger partial charge is 0.247 e. The first kappa shape index (κ1) is 23.2. The lowest BCUT2D eigenvalue weighted by atomic mass is 9.74. The number of carbonyl (C=O) groups is 3. The van der Waals surface area contributed by atoms with Gasteiger partial charge in [-0.25, -0.2) is 0 Å². The van der Waals surface area contributed by atoms with Crippen molar-refractivity contribution in [1.82, 2.24) is 9.80 Å². The van der Waals surface area contributed by atoms with Gasteiger partial charge in [0.05, 0.1) is 23.2 Å². The third-order valence-electron chi connectivity index (χ3n) is 7.62. The van der Waals surface area contributed by atoms with E-state index in [2.05, 4.69) is 6.08 Å². The van der Waals surface area contributed by atoms with Gasteiger partial charge < -0.3 is 19.8 Å². The average Bonchev–Trinajstić information content (AvgIpc) is 3.05. The lowest BCUT2D eigenvalue weighted by Gasteiger charge is -2.37. The Kier molecular flexibility index (Phi) is 5.64. The highest BCUT2D eigenvalue weighted by Crippen LogP contribution is 2.65. The summed E-state index contributed by atoms with van der Waals surface area (Å²) in [4.78, 5) is 47.0. The van der Waals surface area contributed by atoms with Crippen LogP contribution in [0.5, 0.6) is 0 Å². The second kappa shape index (κ2) is 8.27. The molecule has 0 aliphatic carbocycles. The number of amides is 3. The summed E-state index contributed by atoms with van der Waals surface area (Å²) < 4.78 is -1.51. The summed E-state index contributed by atoms with van der Waals surface area (Å²) in [6.45, 7) is 6.68. The molecule has 5 rings (SSSR count). The zero-order valence-electron chi connectivity index (χ0n) is 19.8. The normalized spacial score (nSPS) is 34.9. The fourth-order valence-corrected chi connectivity index (χ4v) is 8.35. The van der Waals surface area contributed by atoms with Gasteiger partial charge >= 0.3 is 0 Å². The number of para-hydroxylation sites is 1. The summed E-state index contributed by atoms with van der Waals surface area (Å²) in [7, 11) is 0. The minimum absolute atomic E-state index is 0.0278. The van der Waals surface area contributed by atoms with Crippen LogP contribution in [-0.4, -0.2) is 80.4 Å². The quantitative estimate of drug-likeness (QED) is 0.666. The number of hydrogen-bond donors (Lipinski definition) is 1. The number of rotatable bonds is 4. The van der Waals surface area contributed by atoms with Crippen LogP contribution in [0.1, 0.15) is 20.8 Å². The molecule has 0 bridgehead atoms. The fourth-order valence-electron chi connectivity index (χ4n) is 6.19. The zero-order valence-corrected chi connectivity index (χ0v) is 20.6. The van der Waals surface area contributed by atoms with Crippen molar-refractivity contribution >= 4 is 35.2 Å². The molecule has 3 amide bonds. The van der Waals surface area contributed by atoms with Crippen LogP contribution in [0.2, 0.25) is 0 Å². The summed E-state index contributed by atoms with van der Waals surface area (Å²) in [5.41, 5.74) is 0.792. The molecule has 2 fully saturated rings. The topological polar surface area (TPSA) is 81.2 Å². The van der Waals surface area contributed by atoms with Crippen molar-refractivity contribution in [3.8, 4) is 0 Å². The average molecular weight is 482 g/mol. The van der Waals surface area contributed by atoms with Gasteiger partial charge in [-0.05, 0) is 32.9 Å². The van der Waals surface area contributed by atoms with Crippen LogP contribution in [0.3, 0.4) is 0 Å². The van der Waals surface area contributed by atoms with Gasteiger partial charge in [0.2, 0.25) is 17.7 Å². The second-order valence-electron chi connectivity index (χ2n) is 9.93. The number of anilines is 1. The maximum Gasteiger partial charge on any atom is 0.247 e. The molecule has 1 aromatic carbocycles. The van der Waals surface area contributed by atoms with Crippen LogP contribution < -0.4 is 4.90 Å². The van der Waals surface area contributed by atoms with E-state index in [1.54, 1.807) is 21.6 Å².